The molecule has 8 bridgehead atoms. The third-order valence-electron chi connectivity index (χ3n) is 8.98. The van der Waals surface area contributed by atoms with E-state index >= 15 is 0 Å². The quantitative estimate of drug-likeness (QED) is 0.381. The van der Waals surface area contributed by atoms with E-state index in [2.05, 4.69) is 57.8 Å². The molecule has 6 rings (SSSR count). The number of hydrogen-bond acceptors (Lipinski definition) is 6. The van der Waals surface area contributed by atoms with E-state index < -0.39 is 0 Å². The first-order chi connectivity index (χ1) is 18.8. The molecule has 0 aromatic rings. The summed E-state index contributed by atoms with van der Waals surface area (Å²) in [6, 6.07) is 0. The summed E-state index contributed by atoms with van der Waals surface area (Å²) in [4.78, 5) is 15.2. The minimum absolute atomic E-state index is 0.152. The first-order valence-corrected chi connectivity index (χ1v) is 14.0. The molecule has 0 spiro atoms. The van der Waals surface area contributed by atoms with Crippen molar-refractivity contribution in [1.29, 1.82) is 0 Å². The molecule has 1 aliphatic carbocycles. The van der Waals surface area contributed by atoms with Gasteiger partial charge in [0.1, 0.15) is 5.76 Å². The Labute approximate surface area is 230 Å². The second-order valence-electron chi connectivity index (χ2n) is 11.1. The number of nitrogens with zero attached hydrogens (tertiary/aromatic N) is 3. The van der Waals surface area contributed by atoms with Crippen molar-refractivity contribution >= 4 is 17.1 Å². The molecule has 0 saturated carbocycles. The summed E-state index contributed by atoms with van der Waals surface area (Å²) in [6.45, 7) is 14.9. The van der Waals surface area contributed by atoms with E-state index in [1.165, 1.54) is 5.57 Å². The zero-order chi connectivity index (χ0) is 27.6. The van der Waals surface area contributed by atoms with Gasteiger partial charge in [0.05, 0.1) is 34.2 Å². The molecule has 0 amide bonds. The molecule has 3 N–H and O–H groups in total. The monoisotopic (exact) mass is 520 g/mol. The number of rotatable bonds is 5. The summed E-state index contributed by atoms with van der Waals surface area (Å²) in [5.41, 5.74) is 14.9. The Morgan fingerprint density at radius 3 is 2.49 bits per heavy atom. The second kappa shape index (κ2) is 9.45. The Balaban J connectivity index is 1.62. The van der Waals surface area contributed by atoms with Crippen LogP contribution in [0.5, 0.6) is 0 Å². The predicted molar refractivity (Wildman–Crippen MR) is 159 cm³/mol. The fraction of sp³-hybridized carbons (Fsp3) is 0.364. The number of aliphatic imine (C=N–C) groups is 3. The normalized spacial score (nSPS) is 25.8. The molecule has 6 aliphatic rings. The lowest BCUT2D eigenvalue weighted by Crippen LogP contribution is -2.15. The summed E-state index contributed by atoms with van der Waals surface area (Å²) in [6.07, 6.45) is 11.1. The van der Waals surface area contributed by atoms with Crippen molar-refractivity contribution < 1.29 is 10.2 Å². The molecular weight excluding hydrogens is 484 g/mol. The van der Waals surface area contributed by atoms with Crippen LogP contribution in [0, 0.1) is 11.8 Å². The van der Waals surface area contributed by atoms with Gasteiger partial charge in [-0.05, 0) is 80.6 Å². The molecular formula is C33H36N4O2. The number of aliphatic hydroxyl groups is 2. The van der Waals surface area contributed by atoms with Gasteiger partial charge in [-0.1, -0.05) is 26.5 Å². The van der Waals surface area contributed by atoms with Crippen molar-refractivity contribution in [3.63, 3.8) is 0 Å². The largest absolute Gasteiger partial charge is 0.511 e. The van der Waals surface area contributed by atoms with Crippen molar-refractivity contribution in [1.82, 2.24) is 5.32 Å². The van der Waals surface area contributed by atoms with Crippen LogP contribution in [-0.2, 0) is 0 Å². The number of hydrogen-bond donors (Lipinski definition) is 3. The Kier molecular flexibility index (Phi) is 6.18. The molecule has 5 aliphatic heterocycles. The maximum Gasteiger partial charge on any atom is 0.106 e. The van der Waals surface area contributed by atoms with Gasteiger partial charge in [0.25, 0.3) is 0 Å². The minimum Gasteiger partial charge on any atom is -0.511 e. The van der Waals surface area contributed by atoms with Crippen LogP contribution in [-0.4, -0.2) is 34.0 Å². The third-order valence-corrected chi connectivity index (χ3v) is 8.98. The van der Waals surface area contributed by atoms with Crippen LogP contribution < -0.4 is 5.32 Å². The predicted octanol–water partition coefficient (Wildman–Crippen LogP) is 6.62. The van der Waals surface area contributed by atoms with Crippen LogP contribution in [0.4, 0.5) is 0 Å². The molecule has 5 heterocycles. The number of aliphatic hydroxyl groups excluding tert-OH is 2. The van der Waals surface area contributed by atoms with Crippen LogP contribution in [0.25, 0.3) is 0 Å². The second-order valence-corrected chi connectivity index (χ2v) is 11.1. The van der Waals surface area contributed by atoms with Crippen molar-refractivity contribution in [3.8, 4) is 0 Å². The molecule has 200 valence electrons. The van der Waals surface area contributed by atoms with E-state index in [9.17, 15) is 10.2 Å². The Hall–Kier alpha value is -3.77. The summed E-state index contributed by atoms with van der Waals surface area (Å²) in [7, 11) is 0. The average molecular weight is 521 g/mol. The summed E-state index contributed by atoms with van der Waals surface area (Å²) in [5.74, 6) is 0.758. The van der Waals surface area contributed by atoms with Gasteiger partial charge in [0.2, 0.25) is 0 Å². The minimum atomic E-state index is 0.152. The van der Waals surface area contributed by atoms with Crippen molar-refractivity contribution in [2.24, 2.45) is 26.8 Å². The van der Waals surface area contributed by atoms with Crippen molar-refractivity contribution in [2.45, 2.75) is 60.3 Å². The van der Waals surface area contributed by atoms with E-state index in [4.69, 9.17) is 15.0 Å². The van der Waals surface area contributed by atoms with Crippen LogP contribution in [0.1, 0.15) is 60.3 Å². The highest BCUT2D eigenvalue weighted by molar-refractivity contribution is 6.21. The number of fused-ring (bicyclic) bond motifs is 5. The van der Waals surface area contributed by atoms with Crippen molar-refractivity contribution in [3.05, 3.63) is 104 Å². The molecule has 0 aromatic carbocycles. The molecule has 0 aromatic heterocycles. The maximum atomic E-state index is 11.1. The van der Waals surface area contributed by atoms with E-state index in [0.29, 0.717) is 18.6 Å². The first kappa shape index (κ1) is 25.5. The van der Waals surface area contributed by atoms with E-state index in [1.54, 1.807) is 0 Å². The van der Waals surface area contributed by atoms with Gasteiger partial charge in [0.15, 0.2) is 0 Å². The topological polar surface area (TPSA) is 89.6 Å². The highest BCUT2D eigenvalue weighted by atomic mass is 16.3. The first-order valence-electron chi connectivity index (χ1n) is 14.0. The Morgan fingerprint density at radius 2 is 1.77 bits per heavy atom. The molecule has 1 fully saturated rings. The van der Waals surface area contributed by atoms with Gasteiger partial charge >= 0.3 is 0 Å². The fourth-order valence-electron chi connectivity index (χ4n) is 6.69. The fourth-order valence-corrected chi connectivity index (χ4v) is 6.69. The zero-order valence-corrected chi connectivity index (χ0v) is 23.4. The lowest BCUT2D eigenvalue weighted by molar-refractivity contribution is 0.271. The Bertz CT molecular complexity index is 1580. The molecule has 2 unspecified atom stereocenters. The van der Waals surface area contributed by atoms with Gasteiger partial charge in [-0.2, -0.15) is 0 Å². The van der Waals surface area contributed by atoms with Crippen molar-refractivity contribution in [2.75, 3.05) is 6.61 Å². The zero-order valence-electron chi connectivity index (χ0n) is 23.4. The SMILES string of the molecule is C=CC1=C(C)C2=NC1=CC1=NC(=CC3=C(C)C4=C(O)CC(=C5NC(=C2)C(C)C5CCCO)C4=N3)C(CC)=C1C. The smallest absolute Gasteiger partial charge is 0.106 e. The summed E-state index contributed by atoms with van der Waals surface area (Å²) >= 11 is 0. The van der Waals surface area contributed by atoms with Gasteiger partial charge < -0.3 is 15.5 Å². The summed E-state index contributed by atoms with van der Waals surface area (Å²) in [5, 5.41) is 24.5. The lowest BCUT2D eigenvalue weighted by Gasteiger charge is -2.17. The van der Waals surface area contributed by atoms with E-state index in [1.807, 2.05) is 13.0 Å². The third kappa shape index (κ3) is 3.84. The summed E-state index contributed by atoms with van der Waals surface area (Å²) < 4.78 is 0. The standard InChI is InChI=1S/C33H36N4O2/c1-7-20-16(3)24-13-26-18(5)22(10-9-11-38)32(36-26)23-12-30(39)31-19(6)27(37-33(23)31)15-29-21(8-2)17(4)25(35-29)14-28(20)34-24/h7,13-15,18,22,36,38-39H,1,8-12H2,2-6H3. The van der Waals surface area contributed by atoms with E-state index in [-0.39, 0.29) is 18.4 Å². The maximum absolute atomic E-state index is 11.1. The van der Waals surface area contributed by atoms with Gasteiger partial charge in [-0.3, -0.25) is 0 Å². The molecule has 39 heavy (non-hydrogen) atoms. The molecule has 1 saturated heterocycles. The van der Waals surface area contributed by atoms with Crippen LogP contribution in [0.2, 0.25) is 0 Å². The molecule has 6 nitrogen and oxygen atoms in total. The number of allylic oxidation sites excluding steroid dienone is 12. The van der Waals surface area contributed by atoms with Crippen LogP contribution >= 0.6 is 0 Å². The highest BCUT2D eigenvalue weighted by Crippen LogP contribution is 2.46. The van der Waals surface area contributed by atoms with Gasteiger partial charge in [0, 0.05) is 53.0 Å². The van der Waals surface area contributed by atoms with Crippen LogP contribution in [0.15, 0.2) is 119 Å². The van der Waals surface area contributed by atoms with E-state index in [0.717, 1.165) is 91.9 Å². The molecule has 6 heteroatoms. The van der Waals surface area contributed by atoms with Gasteiger partial charge in [-0.15, -0.1) is 0 Å². The Morgan fingerprint density at radius 1 is 1.03 bits per heavy atom. The number of nitrogens with one attached hydrogen (secondary N) is 1. The van der Waals surface area contributed by atoms with Crippen LogP contribution in [0.3, 0.4) is 0 Å². The molecule has 2 atom stereocenters. The lowest BCUT2D eigenvalue weighted by atomic mass is 9.86. The average Bonchev–Trinajstić information content (AvgIpc) is 3.65. The highest BCUT2D eigenvalue weighted by Gasteiger charge is 2.41. The molecule has 0 radical (unpaired) electrons. The van der Waals surface area contributed by atoms with Gasteiger partial charge in [-0.25, -0.2) is 15.0 Å².